The van der Waals surface area contributed by atoms with Crippen molar-refractivity contribution in [2.24, 2.45) is 0 Å². The van der Waals surface area contributed by atoms with Gasteiger partial charge in [-0.3, -0.25) is 9.59 Å². The third kappa shape index (κ3) is 3.82. The number of nitrogens with two attached hydrogens (primary N) is 1. The van der Waals surface area contributed by atoms with E-state index in [1.807, 2.05) is 18.2 Å². The third-order valence-corrected chi connectivity index (χ3v) is 3.04. The lowest BCUT2D eigenvalue weighted by Crippen LogP contribution is -2.21. The second kappa shape index (κ2) is 6.56. The van der Waals surface area contributed by atoms with E-state index in [4.69, 9.17) is 5.73 Å². The van der Waals surface area contributed by atoms with Crippen LogP contribution in [0.3, 0.4) is 0 Å². The summed E-state index contributed by atoms with van der Waals surface area (Å²) in [6.45, 7) is 0. The summed E-state index contributed by atoms with van der Waals surface area (Å²) in [6.07, 6.45) is 0.212. The summed E-state index contributed by atoms with van der Waals surface area (Å²) in [6, 6.07) is 13.9. The molecule has 0 aromatic heterocycles. The van der Waals surface area contributed by atoms with Crippen molar-refractivity contribution in [3.63, 3.8) is 0 Å². The number of carbonyl (C=O) groups is 2. The van der Waals surface area contributed by atoms with E-state index in [0.717, 1.165) is 5.56 Å². The van der Waals surface area contributed by atoms with Gasteiger partial charge >= 0.3 is 0 Å². The molecule has 0 unspecified atom stereocenters. The van der Waals surface area contributed by atoms with Gasteiger partial charge in [-0.2, -0.15) is 0 Å². The molecule has 2 amide bonds. The van der Waals surface area contributed by atoms with Crippen molar-refractivity contribution in [2.45, 2.75) is 6.42 Å². The fourth-order valence-electron chi connectivity index (χ4n) is 1.93. The van der Waals surface area contributed by atoms with Crippen LogP contribution in [0.5, 0.6) is 0 Å². The van der Waals surface area contributed by atoms with Crippen LogP contribution in [0.25, 0.3) is 0 Å². The van der Waals surface area contributed by atoms with Crippen molar-refractivity contribution < 1.29 is 9.59 Å². The number of hydrogen-bond donors (Lipinski definition) is 3. The van der Waals surface area contributed by atoms with Crippen molar-refractivity contribution in [1.29, 1.82) is 0 Å². The SMILES string of the molecule is CNC(=O)Cc1ccccc1NC(=O)c1cccc(N)c1. The molecule has 0 aliphatic rings. The molecular formula is C16H17N3O2. The Morgan fingerprint density at radius 3 is 2.57 bits per heavy atom. The largest absolute Gasteiger partial charge is 0.399 e. The van der Waals surface area contributed by atoms with Gasteiger partial charge in [0.05, 0.1) is 6.42 Å². The maximum absolute atomic E-state index is 12.2. The summed E-state index contributed by atoms with van der Waals surface area (Å²) < 4.78 is 0. The number of amides is 2. The van der Waals surface area contributed by atoms with Crippen molar-refractivity contribution in [1.82, 2.24) is 5.32 Å². The zero-order valence-corrected chi connectivity index (χ0v) is 11.7. The zero-order chi connectivity index (χ0) is 15.2. The molecule has 0 aliphatic carbocycles. The number of carbonyl (C=O) groups excluding carboxylic acids is 2. The van der Waals surface area contributed by atoms with Gasteiger partial charge in [0.25, 0.3) is 5.91 Å². The topological polar surface area (TPSA) is 84.2 Å². The van der Waals surface area contributed by atoms with E-state index in [1.165, 1.54) is 0 Å². The number of nitrogen functional groups attached to an aromatic ring is 1. The molecule has 108 valence electrons. The molecule has 0 heterocycles. The van der Waals surface area contributed by atoms with Gasteiger partial charge in [0, 0.05) is 24.0 Å². The van der Waals surface area contributed by atoms with Crippen LogP contribution >= 0.6 is 0 Å². The molecule has 0 radical (unpaired) electrons. The predicted octanol–water partition coefficient (Wildman–Crippen LogP) is 1.81. The number of nitrogens with one attached hydrogen (secondary N) is 2. The number of likely N-dealkylation sites (N-methyl/N-ethyl adjacent to an activating group) is 1. The second-order valence-corrected chi connectivity index (χ2v) is 4.59. The highest BCUT2D eigenvalue weighted by Gasteiger charge is 2.11. The Labute approximate surface area is 123 Å². The molecule has 5 nitrogen and oxygen atoms in total. The number of rotatable bonds is 4. The van der Waals surface area contributed by atoms with E-state index in [1.54, 1.807) is 37.4 Å². The first-order valence-corrected chi connectivity index (χ1v) is 6.55. The lowest BCUT2D eigenvalue weighted by Gasteiger charge is -2.11. The van der Waals surface area contributed by atoms with Crippen LogP contribution in [0.15, 0.2) is 48.5 Å². The summed E-state index contributed by atoms with van der Waals surface area (Å²) in [7, 11) is 1.58. The van der Waals surface area contributed by atoms with Gasteiger partial charge in [0.15, 0.2) is 0 Å². The standard InChI is InChI=1S/C16H17N3O2/c1-18-15(20)10-11-5-2-3-8-14(11)19-16(21)12-6-4-7-13(17)9-12/h2-9H,10,17H2,1H3,(H,18,20)(H,19,21). The summed E-state index contributed by atoms with van der Waals surface area (Å²) >= 11 is 0. The minimum Gasteiger partial charge on any atom is -0.399 e. The van der Waals surface area contributed by atoms with E-state index in [2.05, 4.69) is 10.6 Å². The Morgan fingerprint density at radius 2 is 1.86 bits per heavy atom. The van der Waals surface area contributed by atoms with E-state index >= 15 is 0 Å². The van der Waals surface area contributed by atoms with Crippen LogP contribution in [-0.4, -0.2) is 18.9 Å². The minimum atomic E-state index is -0.258. The molecule has 0 saturated carbocycles. The normalized spacial score (nSPS) is 9.95. The smallest absolute Gasteiger partial charge is 0.255 e. The number of anilines is 2. The lowest BCUT2D eigenvalue weighted by molar-refractivity contribution is -0.119. The fraction of sp³-hybridized carbons (Fsp3) is 0.125. The van der Waals surface area contributed by atoms with Crippen molar-refractivity contribution in [3.8, 4) is 0 Å². The quantitative estimate of drug-likeness (QED) is 0.748. The molecule has 0 bridgehead atoms. The van der Waals surface area contributed by atoms with Crippen LogP contribution in [0, 0.1) is 0 Å². The van der Waals surface area contributed by atoms with Crippen LogP contribution in [0.1, 0.15) is 15.9 Å². The third-order valence-electron chi connectivity index (χ3n) is 3.04. The predicted molar refractivity (Wildman–Crippen MR) is 83.0 cm³/mol. The van der Waals surface area contributed by atoms with Gasteiger partial charge in [0.1, 0.15) is 0 Å². The van der Waals surface area contributed by atoms with Gasteiger partial charge in [-0.05, 0) is 29.8 Å². The molecule has 2 aromatic rings. The highest BCUT2D eigenvalue weighted by atomic mass is 16.2. The Hall–Kier alpha value is -2.82. The van der Waals surface area contributed by atoms with Gasteiger partial charge in [0.2, 0.25) is 5.91 Å². The van der Waals surface area contributed by atoms with Gasteiger partial charge < -0.3 is 16.4 Å². The molecular weight excluding hydrogens is 266 g/mol. The first kappa shape index (κ1) is 14.6. The number of benzene rings is 2. The highest BCUT2D eigenvalue weighted by Crippen LogP contribution is 2.17. The Morgan fingerprint density at radius 1 is 1.10 bits per heavy atom. The summed E-state index contributed by atoms with van der Waals surface area (Å²) in [5.74, 6) is -0.368. The minimum absolute atomic E-state index is 0.111. The monoisotopic (exact) mass is 283 g/mol. The first-order valence-electron chi connectivity index (χ1n) is 6.55. The molecule has 2 rings (SSSR count). The number of hydrogen-bond acceptors (Lipinski definition) is 3. The van der Waals surface area contributed by atoms with Gasteiger partial charge in [-0.15, -0.1) is 0 Å². The van der Waals surface area contributed by atoms with Crippen LogP contribution in [0.4, 0.5) is 11.4 Å². The fourth-order valence-corrected chi connectivity index (χ4v) is 1.93. The van der Waals surface area contributed by atoms with Crippen molar-refractivity contribution in [2.75, 3.05) is 18.1 Å². The molecule has 0 saturated heterocycles. The molecule has 2 aromatic carbocycles. The van der Waals surface area contributed by atoms with Crippen LogP contribution in [-0.2, 0) is 11.2 Å². The number of para-hydroxylation sites is 1. The Balaban J connectivity index is 2.19. The molecule has 0 aliphatic heterocycles. The summed E-state index contributed by atoms with van der Waals surface area (Å²) in [5.41, 5.74) is 8.05. The zero-order valence-electron chi connectivity index (χ0n) is 11.7. The second-order valence-electron chi connectivity index (χ2n) is 4.59. The van der Waals surface area contributed by atoms with E-state index in [9.17, 15) is 9.59 Å². The average Bonchev–Trinajstić information content (AvgIpc) is 2.49. The van der Waals surface area contributed by atoms with Gasteiger partial charge in [-0.1, -0.05) is 24.3 Å². The van der Waals surface area contributed by atoms with Crippen LogP contribution in [0.2, 0.25) is 0 Å². The van der Waals surface area contributed by atoms with E-state index < -0.39 is 0 Å². The summed E-state index contributed by atoms with van der Waals surface area (Å²) in [4.78, 5) is 23.7. The van der Waals surface area contributed by atoms with E-state index in [0.29, 0.717) is 16.9 Å². The lowest BCUT2D eigenvalue weighted by atomic mass is 10.1. The van der Waals surface area contributed by atoms with Crippen molar-refractivity contribution in [3.05, 3.63) is 59.7 Å². The molecule has 0 atom stereocenters. The Kier molecular flexibility index (Phi) is 4.56. The molecule has 4 N–H and O–H groups in total. The molecule has 21 heavy (non-hydrogen) atoms. The van der Waals surface area contributed by atoms with Crippen molar-refractivity contribution >= 4 is 23.2 Å². The van der Waals surface area contributed by atoms with Crippen LogP contribution < -0.4 is 16.4 Å². The maximum Gasteiger partial charge on any atom is 0.255 e. The molecule has 0 spiro atoms. The first-order chi connectivity index (χ1) is 10.1. The van der Waals surface area contributed by atoms with Gasteiger partial charge in [-0.25, -0.2) is 0 Å². The molecule has 0 fully saturated rings. The Bertz CT molecular complexity index is 668. The molecule has 5 heteroatoms. The highest BCUT2D eigenvalue weighted by molar-refractivity contribution is 6.05. The average molecular weight is 283 g/mol. The summed E-state index contributed by atoms with van der Waals surface area (Å²) in [5, 5.41) is 5.37. The van der Waals surface area contributed by atoms with E-state index in [-0.39, 0.29) is 18.2 Å². The maximum atomic E-state index is 12.2.